The van der Waals surface area contributed by atoms with Gasteiger partial charge in [-0.15, -0.1) is 0 Å². The highest BCUT2D eigenvalue weighted by molar-refractivity contribution is 7.80. The first-order valence-corrected chi connectivity index (χ1v) is 11.1. The summed E-state index contributed by atoms with van der Waals surface area (Å²) in [7, 11) is 0. The number of anilines is 2. The zero-order valence-electron chi connectivity index (χ0n) is 17.4. The van der Waals surface area contributed by atoms with E-state index in [0.29, 0.717) is 34.5 Å². The van der Waals surface area contributed by atoms with Crippen LogP contribution in [0.4, 0.5) is 11.4 Å². The average molecular weight is 446 g/mol. The van der Waals surface area contributed by atoms with E-state index in [1.807, 2.05) is 0 Å². The number of benzene rings is 2. The van der Waals surface area contributed by atoms with Gasteiger partial charge in [0.25, 0.3) is 0 Å². The molecule has 0 spiro atoms. The van der Waals surface area contributed by atoms with E-state index >= 15 is 0 Å². The Hall–Kier alpha value is -2.31. The highest BCUT2D eigenvalue weighted by Crippen LogP contribution is 2.24. The molecule has 1 saturated heterocycles. The minimum atomic E-state index is -0.451. The Morgan fingerprint density at radius 3 is 2.73 bits per heavy atom. The number of thiocarbonyl (C=S) groups is 1. The van der Waals surface area contributed by atoms with Crippen molar-refractivity contribution in [1.82, 2.24) is 5.32 Å². The molecule has 3 rings (SSSR count). The summed E-state index contributed by atoms with van der Waals surface area (Å²) in [4.78, 5) is 14.4. The van der Waals surface area contributed by atoms with E-state index < -0.39 is 5.97 Å². The van der Waals surface area contributed by atoms with Crippen LogP contribution in [0.1, 0.15) is 42.6 Å². The third kappa shape index (κ3) is 6.09. The van der Waals surface area contributed by atoms with Crippen molar-refractivity contribution in [1.29, 1.82) is 0 Å². The second-order valence-corrected chi connectivity index (χ2v) is 8.40. The molecular formula is C23H28ClN3O2S. The van der Waals surface area contributed by atoms with E-state index in [4.69, 9.17) is 28.6 Å². The Labute approximate surface area is 188 Å². The molecule has 1 aliphatic heterocycles. The number of halogens is 1. The zero-order chi connectivity index (χ0) is 21.5. The fraction of sp³-hybridized carbons (Fsp3) is 0.391. The molecule has 160 valence electrons. The number of rotatable bonds is 6. The molecule has 1 fully saturated rings. The van der Waals surface area contributed by atoms with Crippen molar-refractivity contribution in [3.63, 3.8) is 0 Å². The van der Waals surface area contributed by atoms with Crippen LogP contribution in [-0.2, 0) is 11.3 Å². The number of piperidine rings is 1. The van der Waals surface area contributed by atoms with Crippen molar-refractivity contribution >= 4 is 46.3 Å². The normalized spacial score (nSPS) is 16.1. The van der Waals surface area contributed by atoms with Gasteiger partial charge in [0.1, 0.15) is 0 Å². The number of carbonyl (C=O) groups is 1. The number of hydrogen-bond acceptors (Lipinski definition) is 4. The molecule has 0 bridgehead atoms. The third-order valence-electron chi connectivity index (χ3n) is 5.13. The van der Waals surface area contributed by atoms with E-state index in [2.05, 4.69) is 46.7 Å². The Kier molecular flexibility index (Phi) is 7.94. The second-order valence-electron chi connectivity index (χ2n) is 7.58. The smallest absolute Gasteiger partial charge is 0.339 e. The van der Waals surface area contributed by atoms with Crippen LogP contribution in [0.5, 0.6) is 0 Å². The molecule has 0 aromatic heterocycles. The van der Waals surface area contributed by atoms with Gasteiger partial charge in [-0.05, 0) is 73.8 Å². The van der Waals surface area contributed by atoms with Crippen LogP contribution in [0.25, 0.3) is 0 Å². The Bertz CT molecular complexity index is 889. The molecule has 1 atom stereocenters. The lowest BCUT2D eigenvalue weighted by Gasteiger charge is -2.32. The van der Waals surface area contributed by atoms with Gasteiger partial charge >= 0.3 is 5.97 Å². The maximum atomic E-state index is 12.0. The highest BCUT2D eigenvalue weighted by Gasteiger charge is 2.16. The minimum Gasteiger partial charge on any atom is -0.462 e. The standard InChI is InChI=1S/C23H28ClN3O2S/c1-3-29-22(28)20-13-18(8-11-21(20)24)26-23(30)25-14-17-6-9-19(10-7-17)27-12-4-5-16(2)15-27/h6-11,13,16H,3-5,12,14-15H2,1-2H3,(H2,25,26,30). The van der Waals surface area contributed by atoms with E-state index in [1.54, 1.807) is 25.1 Å². The molecule has 0 radical (unpaired) electrons. The Morgan fingerprint density at radius 1 is 1.27 bits per heavy atom. The van der Waals surface area contributed by atoms with Gasteiger partial charge in [-0.3, -0.25) is 0 Å². The van der Waals surface area contributed by atoms with Gasteiger partial charge in [0, 0.05) is 31.0 Å². The maximum absolute atomic E-state index is 12.0. The number of ether oxygens (including phenoxy) is 1. The molecule has 2 N–H and O–H groups in total. The van der Waals surface area contributed by atoms with Gasteiger partial charge in [-0.1, -0.05) is 30.7 Å². The molecule has 7 heteroatoms. The molecule has 30 heavy (non-hydrogen) atoms. The summed E-state index contributed by atoms with van der Waals surface area (Å²) in [5.74, 6) is 0.300. The minimum absolute atomic E-state index is 0.294. The van der Waals surface area contributed by atoms with Gasteiger partial charge in [-0.2, -0.15) is 0 Å². The quantitative estimate of drug-likeness (QED) is 0.468. The summed E-state index contributed by atoms with van der Waals surface area (Å²) in [6.07, 6.45) is 2.57. The predicted molar refractivity (Wildman–Crippen MR) is 128 cm³/mol. The maximum Gasteiger partial charge on any atom is 0.339 e. The zero-order valence-corrected chi connectivity index (χ0v) is 19.0. The first kappa shape index (κ1) is 22.4. The van der Waals surface area contributed by atoms with Gasteiger partial charge < -0.3 is 20.3 Å². The van der Waals surface area contributed by atoms with Gasteiger partial charge in [0.15, 0.2) is 5.11 Å². The van der Waals surface area contributed by atoms with E-state index in [-0.39, 0.29) is 0 Å². The van der Waals surface area contributed by atoms with E-state index in [9.17, 15) is 4.79 Å². The summed E-state index contributed by atoms with van der Waals surface area (Å²) >= 11 is 11.5. The lowest BCUT2D eigenvalue weighted by Crippen LogP contribution is -2.34. The molecule has 2 aromatic carbocycles. The van der Waals surface area contributed by atoms with Crippen LogP contribution in [0.15, 0.2) is 42.5 Å². The van der Waals surface area contributed by atoms with E-state index in [0.717, 1.165) is 24.6 Å². The van der Waals surface area contributed by atoms with Crippen molar-refractivity contribution in [3.05, 3.63) is 58.6 Å². The molecule has 1 heterocycles. The molecule has 2 aromatic rings. The summed E-state index contributed by atoms with van der Waals surface area (Å²) in [6, 6.07) is 13.7. The van der Waals surface area contributed by atoms with E-state index in [1.165, 1.54) is 18.5 Å². The SMILES string of the molecule is CCOC(=O)c1cc(NC(=S)NCc2ccc(N3CCCC(C)C3)cc2)ccc1Cl. The van der Waals surface area contributed by atoms with Crippen molar-refractivity contribution in [2.75, 3.05) is 29.9 Å². The lowest BCUT2D eigenvalue weighted by atomic mass is 9.99. The summed E-state index contributed by atoms with van der Waals surface area (Å²) in [5, 5.41) is 7.11. The molecule has 5 nitrogen and oxygen atoms in total. The summed E-state index contributed by atoms with van der Waals surface area (Å²) in [6.45, 7) is 7.23. The third-order valence-corrected chi connectivity index (χ3v) is 5.71. The van der Waals surface area contributed by atoms with Crippen LogP contribution in [0.2, 0.25) is 5.02 Å². The van der Waals surface area contributed by atoms with Gasteiger partial charge in [0.05, 0.1) is 17.2 Å². The second kappa shape index (κ2) is 10.6. The fourth-order valence-electron chi connectivity index (χ4n) is 3.57. The van der Waals surface area contributed by atoms with Crippen molar-refractivity contribution in [2.45, 2.75) is 33.2 Å². The van der Waals surface area contributed by atoms with Crippen LogP contribution in [0, 0.1) is 5.92 Å². The first-order chi connectivity index (χ1) is 14.5. The topological polar surface area (TPSA) is 53.6 Å². The monoisotopic (exact) mass is 445 g/mol. The van der Waals surface area contributed by atoms with Crippen LogP contribution >= 0.6 is 23.8 Å². The molecule has 1 unspecified atom stereocenters. The van der Waals surface area contributed by atoms with Crippen molar-refractivity contribution in [2.24, 2.45) is 5.92 Å². The van der Waals surface area contributed by atoms with Crippen molar-refractivity contribution < 1.29 is 9.53 Å². The number of carbonyl (C=O) groups excluding carboxylic acids is 1. The summed E-state index contributed by atoms with van der Waals surface area (Å²) < 4.78 is 5.03. The van der Waals surface area contributed by atoms with Gasteiger partial charge in [0.2, 0.25) is 0 Å². The number of hydrogen-bond donors (Lipinski definition) is 2. The largest absolute Gasteiger partial charge is 0.462 e. The van der Waals surface area contributed by atoms with Crippen molar-refractivity contribution in [3.8, 4) is 0 Å². The first-order valence-electron chi connectivity index (χ1n) is 10.3. The molecule has 1 aliphatic rings. The average Bonchev–Trinajstić information content (AvgIpc) is 2.74. The Balaban J connectivity index is 1.53. The molecule has 0 amide bonds. The number of esters is 1. The van der Waals surface area contributed by atoms with Crippen LogP contribution in [0.3, 0.4) is 0 Å². The van der Waals surface area contributed by atoms with Crippen LogP contribution in [-0.4, -0.2) is 30.8 Å². The molecule has 0 saturated carbocycles. The fourth-order valence-corrected chi connectivity index (χ4v) is 3.96. The number of nitrogens with one attached hydrogen (secondary N) is 2. The summed E-state index contributed by atoms with van der Waals surface area (Å²) in [5.41, 5.74) is 3.42. The number of nitrogens with zero attached hydrogens (tertiary/aromatic N) is 1. The Morgan fingerprint density at radius 2 is 2.03 bits per heavy atom. The van der Waals surface area contributed by atoms with Gasteiger partial charge in [-0.25, -0.2) is 4.79 Å². The predicted octanol–water partition coefficient (Wildman–Crippen LogP) is 5.24. The molecule has 0 aliphatic carbocycles. The van der Waals surface area contributed by atoms with Crippen LogP contribution < -0.4 is 15.5 Å². The molecular weight excluding hydrogens is 418 g/mol. The highest BCUT2D eigenvalue weighted by atomic mass is 35.5. The lowest BCUT2D eigenvalue weighted by molar-refractivity contribution is 0.0526.